The first kappa shape index (κ1) is 17.1. The van der Waals surface area contributed by atoms with Gasteiger partial charge in [0.1, 0.15) is 23.1 Å². The lowest BCUT2D eigenvalue weighted by Gasteiger charge is -2.12. The zero-order chi connectivity index (χ0) is 18.6. The summed E-state index contributed by atoms with van der Waals surface area (Å²) in [6, 6.07) is 20.9. The Kier molecular flexibility index (Phi) is 4.75. The van der Waals surface area contributed by atoms with Crippen LogP contribution in [0.1, 0.15) is 11.1 Å². The maximum Gasteiger partial charge on any atom is 0.261 e. The van der Waals surface area contributed by atoms with Crippen LogP contribution in [0.25, 0.3) is 0 Å². The molecular formula is C22H18FNO3. The number of ether oxygens (including phenoxy) is 2. The van der Waals surface area contributed by atoms with Gasteiger partial charge in [0.2, 0.25) is 0 Å². The Morgan fingerprint density at radius 3 is 2.37 bits per heavy atom. The number of amides is 1. The molecule has 0 aliphatic carbocycles. The largest absolute Gasteiger partial charge is 0.480 e. The minimum atomic E-state index is -0.483. The second kappa shape index (κ2) is 7.50. The highest BCUT2D eigenvalue weighted by Gasteiger charge is 2.28. The predicted octanol–water partition coefficient (Wildman–Crippen LogP) is 4.24. The smallest absolute Gasteiger partial charge is 0.261 e. The van der Waals surface area contributed by atoms with E-state index in [0.29, 0.717) is 24.5 Å². The number of hydrogen-bond donors (Lipinski definition) is 1. The standard InChI is InChI=1S/C22H18FNO3/c23-17-7-11-19(12-8-17)26-18-9-5-15(6-10-18)14-24-22(25)21-13-16-3-1-2-4-20(16)27-21/h1-12,21H,13-14H2,(H,24,25). The lowest BCUT2D eigenvalue weighted by atomic mass is 10.1. The van der Waals surface area contributed by atoms with E-state index in [1.807, 2.05) is 48.5 Å². The van der Waals surface area contributed by atoms with Crippen LogP contribution in [0.3, 0.4) is 0 Å². The molecule has 1 unspecified atom stereocenters. The van der Waals surface area contributed by atoms with E-state index in [2.05, 4.69) is 5.32 Å². The summed E-state index contributed by atoms with van der Waals surface area (Å²) in [5.41, 5.74) is 2.00. The van der Waals surface area contributed by atoms with Crippen LogP contribution in [0, 0.1) is 5.82 Å². The van der Waals surface area contributed by atoms with E-state index in [9.17, 15) is 9.18 Å². The third kappa shape index (κ3) is 4.08. The van der Waals surface area contributed by atoms with E-state index in [0.717, 1.165) is 16.9 Å². The Bertz CT molecular complexity index is 914. The molecule has 4 nitrogen and oxygen atoms in total. The van der Waals surface area contributed by atoms with Crippen molar-refractivity contribution in [2.45, 2.75) is 19.1 Å². The molecule has 0 radical (unpaired) electrons. The number of rotatable bonds is 5. The molecule has 1 atom stereocenters. The van der Waals surface area contributed by atoms with E-state index < -0.39 is 6.10 Å². The summed E-state index contributed by atoms with van der Waals surface area (Å²) < 4.78 is 24.3. The second-order valence-electron chi connectivity index (χ2n) is 6.34. The number of nitrogens with one attached hydrogen (secondary N) is 1. The Hall–Kier alpha value is -3.34. The molecule has 27 heavy (non-hydrogen) atoms. The average Bonchev–Trinajstić information content (AvgIpc) is 3.13. The van der Waals surface area contributed by atoms with Gasteiger partial charge in [-0.1, -0.05) is 30.3 Å². The Morgan fingerprint density at radius 2 is 1.67 bits per heavy atom. The first-order valence-electron chi connectivity index (χ1n) is 8.72. The van der Waals surface area contributed by atoms with Crippen molar-refractivity contribution in [1.29, 1.82) is 0 Å². The average molecular weight is 363 g/mol. The first-order valence-corrected chi connectivity index (χ1v) is 8.72. The first-order chi connectivity index (χ1) is 13.2. The van der Waals surface area contributed by atoms with Gasteiger partial charge in [0.15, 0.2) is 6.10 Å². The molecule has 0 saturated carbocycles. The van der Waals surface area contributed by atoms with Crippen LogP contribution >= 0.6 is 0 Å². The van der Waals surface area contributed by atoms with Crippen LogP contribution in [0.15, 0.2) is 72.8 Å². The summed E-state index contributed by atoms with van der Waals surface area (Å²) in [6.07, 6.45) is 0.107. The van der Waals surface area contributed by atoms with Gasteiger partial charge in [-0.3, -0.25) is 4.79 Å². The Labute approximate surface area is 156 Å². The van der Waals surface area contributed by atoms with Crippen molar-refractivity contribution in [3.8, 4) is 17.2 Å². The highest BCUT2D eigenvalue weighted by molar-refractivity contribution is 5.82. The Morgan fingerprint density at radius 1 is 1.00 bits per heavy atom. The van der Waals surface area contributed by atoms with Crippen LogP contribution in [0.4, 0.5) is 4.39 Å². The number of hydrogen-bond acceptors (Lipinski definition) is 3. The number of carbonyl (C=O) groups is 1. The summed E-state index contributed by atoms with van der Waals surface area (Å²) in [5.74, 6) is 1.56. The second-order valence-corrected chi connectivity index (χ2v) is 6.34. The molecule has 1 amide bonds. The summed E-state index contributed by atoms with van der Waals surface area (Å²) >= 11 is 0. The molecule has 0 bridgehead atoms. The molecule has 5 heteroatoms. The maximum atomic E-state index is 12.9. The van der Waals surface area contributed by atoms with Gasteiger partial charge in [0.25, 0.3) is 5.91 Å². The van der Waals surface area contributed by atoms with Gasteiger partial charge >= 0.3 is 0 Å². The van der Waals surface area contributed by atoms with Crippen molar-refractivity contribution in [2.75, 3.05) is 0 Å². The zero-order valence-corrected chi connectivity index (χ0v) is 14.5. The molecule has 0 aromatic heterocycles. The van der Waals surface area contributed by atoms with Crippen molar-refractivity contribution in [2.24, 2.45) is 0 Å². The molecule has 136 valence electrons. The molecule has 4 rings (SSSR count). The predicted molar refractivity (Wildman–Crippen MR) is 99.3 cm³/mol. The number of halogens is 1. The molecule has 1 heterocycles. The van der Waals surface area contributed by atoms with Crippen molar-refractivity contribution in [3.63, 3.8) is 0 Å². The Balaban J connectivity index is 1.30. The van der Waals surface area contributed by atoms with Crippen molar-refractivity contribution >= 4 is 5.91 Å². The van der Waals surface area contributed by atoms with Gasteiger partial charge in [-0.15, -0.1) is 0 Å². The summed E-state index contributed by atoms with van der Waals surface area (Å²) in [6.45, 7) is 0.409. The monoisotopic (exact) mass is 363 g/mol. The SMILES string of the molecule is O=C(NCc1ccc(Oc2ccc(F)cc2)cc1)C1Cc2ccccc2O1. The van der Waals surface area contributed by atoms with Crippen molar-refractivity contribution < 1.29 is 18.7 Å². The molecular weight excluding hydrogens is 345 g/mol. The van der Waals surface area contributed by atoms with Gasteiger partial charge < -0.3 is 14.8 Å². The molecule has 0 spiro atoms. The number of benzene rings is 3. The summed E-state index contributed by atoms with van der Waals surface area (Å²) in [5, 5.41) is 2.90. The maximum absolute atomic E-state index is 12.9. The van der Waals surface area contributed by atoms with Crippen molar-refractivity contribution in [1.82, 2.24) is 5.32 Å². The fourth-order valence-electron chi connectivity index (χ4n) is 2.95. The van der Waals surface area contributed by atoms with Gasteiger partial charge in [-0.25, -0.2) is 4.39 Å². The van der Waals surface area contributed by atoms with Crippen LogP contribution in [-0.4, -0.2) is 12.0 Å². The molecule has 1 aliphatic heterocycles. The van der Waals surface area contributed by atoms with Gasteiger partial charge in [0.05, 0.1) is 0 Å². The van der Waals surface area contributed by atoms with E-state index in [4.69, 9.17) is 9.47 Å². The normalized spacial score (nSPS) is 14.9. The van der Waals surface area contributed by atoms with Crippen LogP contribution in [0.2, 0.25) is 0 Å². The molecule has 0 saturated heterocycles. The van der Waals surface area contributed by atoms with Gasteiger partial charge in [-0.2, -0.15) is 0 Å². The van der Waals surface area contributed by atoms with Crippen LogP contribution in [-0.2, 0) is 17.8 Å². The third-order valence-corrected chi connectivity index (χ3v) is 4.38. The van der Waals surface area contributed by atoms with E-state index in [-0.39, 0.29) is 11.7 Å². The highest BCUT2D eigenvalue weighted by Crippen LogP contribution is 2.28. The van der Waals surface area contributed by atoms with E-state index >= 15 is 0 Å². The minimum Gasteiger partial charge on any atom is -0.480 e. The fourth-order valence-corrected chi connectivity index (χ4v) is 2.95. The van der Waals surface area contributed by atoms with Gasteiger partial charge in [-0.05, 0) is 53.6 Å². The molecule has 1 N–H and O–H groups in total. The summed E-state index contributed by atoms with van der Waals surface area (Å²) in [7, 11) is 0. The van der Waals surface area contributed by atoms with E-state index in [1.54, 1.807) is 12.1 Å². The number of fused-ring (bicyclic) bond motifs is 1. The highest BCUT2D eigenvalue weighted by atomic mass is 19.1. The number of carbonyl (C=O) groups excluding carboxylic acids is 1. The molecule has 0 fully saturated rings. The molecule has 3 aromatic carbocycles. The lowest BCUT2D eigenvalue weighted by molar-refractivity contribution is -0.127. The van der Waals surface area contributed by atoms with E-state index in [1.165, 1.54) is 12.1 Å². The quantitative estimate of drug-likeness (QED) is 0.738. The molecule has 3 aromatic rings. The fraction of sp³-hybridized carbons (Fsp3) is 0.136. The third-order valence-electron chi connectivity index (χ3n) is 4.38. The zero-order valence-electron chi connectivity index (χ0n) is 14.5. The topological polar surface area (TPSA) is 47.6 Å². The number of para-hydroxylation sites is 1. The summed E-state index contributed by atoms with van der Waals surface area (Å²) in [4.78, 5) is 12.3. The van der Waals surface area contributed by atoms with Crippen LogP contribution < -0.4 is 14.8 Å². The lowest BCUT2D eigenvalue weighted by Crippen LogP contribution is -2.36. The minimum absolute atomic E-state index is 0.127. The molecule has 1 aliphatic rings. The van der Waals surface area contributed by atoms with Gasteiger partial charge in [0, 0.05) is 13.0 Å². The van der Waals surface area contributed by atoms with Crippen molar-refractivity contribution in [3.05, 3.63) is 89.7 Å². The van der Waals surface area contributed by atoms with Crippen LogP contribution in [0.5, 0.6) is 17.2 Å².